The molecule has 1 aromatic carbocycles. The van der Waals surface area contributed by atoms with E-state index in [0.717, 1.165) is 33.9 Å². The predicted octanol–water partition coefficient (Wildman–Crippen LogP) is 4.59. The lowest BCUT2D eigenvalue weighted by Gasteiger charge is -2.09. The molecule has 25 heavy (non-hydrogen) atoms. The van der Waals surface area contributed by atoms with Gasteiger partial charge in [0.15, 0.2) is 5.82 Å². The van der Waals surface area contributed by atoms with Gasteiger partial charge in [-0.2, -0.15) is 0 Å². The lowest BCUT2D eigenvalue weighted by Crippen LogP contribution is -1.97. The largest absolute Gasteiger partial charge is 0.347 e. The lowest BCUT2D eigenvalue weighted by molar-refractivity contribution is 1.17. The number of H-pyrrole nitrogens is 1. The molecule has 2 N–H and O–H groups in total. The van der Waals surface area contributed by atoms with Crippen LogP contribution in [0.2, 0.25) is 0 Å². The molecule has 5 heteroatoms. The monoisotopic (exact) mass is 327 g/mol. The quantitative estimate of drug-likeness (QED) is 0.575. The van der Waals surface area contributed by atoms with Gasteiger partial charge in [0, 0.05) is 36.0 Å². The molecule has 0 amide bonds. The van der Waals surface area contributed by atoms with E-state index in [1.165, 1.54) is 0 Å². The SMILES string of the molecule is Cc1c[nH]c(Nc2ccccc2)c1-c1nccc(-c2cccnc2)n1. The number of rotatable bonds is 4. The third kappa shape index (κ3) is 3.12. The van der Waals surface area contributed by atoms with Crippen LogP contribution in [0, 0.1) is 6.92 Å². The van der Waals surface area contributed by atoms with Gasteiger partial charge in [-0.1, -0.05) is 18.2 Å². The van der Waals surface area contributed by atoms with Crippen LogP contribution in [0.4, 0.5) is 11.5 Å². The van der Waals surface area contributed by atoms with Gasteiger partial charge in [0.05, 0.1) is 11.3 Å². The van der Waals surface area contributed by atoms with Gasteiger partial charge in [-0.3, -0.25) is 4.98 Å². The summed E-state index contributed by atoms with van der Waals surface area (Å²) in [6.45, 7) is 2.04. The Morgan fingerprint density at radius 2 is 1.84 bits per heavy atom. The average Bonchev–Trinajstić information content (AvgIpc) is 3.03. The summed E-state index contributed by atoms with van der Waals surface area (Å²) in [4.78, 5) is 16.7. The van der Waals surface area contributed by atoms with Crippen LogP contribution in [0.1, 0.15) is 5.56 Å². The van der Waals surface area contributed by atoms with Gasteiger partial charge < -0.3 is 10.3 Å². The molecule has 0 saturated carbocycles. The van der Waals surface area contributed by atoms with E-state index in [1.807, 2.05) is 61.7 Å². The number of hydrogen-bond donors (Lipinski definition) is 2. The number of para-hydroxylation sites is 1. The minimum Gasteiger partial charge on any atom is -0.347 e. The van der Waals surface area contributed by atoms with E-state index in [1.54, 1.807) is 18.6 Å². The fourth-order valence-corrected chi connectivity index (χ4v) is 2.73. The second kappa shape index (κ2) is 6.57. The maximum absolute atomic E-state index is 4.74. The number of anilines is 2. The molecular formula is C20H17N5. The Balaban J connectivity index is 1.74. The van der Waals surface area contributed by atoms with E-state index in [9.17, 15) is 0 Å². The number of aromatic amines is 1. The maximum Gasteiger partial charge on any atom is 0.163 e. The maximum atomic E-state index is 4.74. The summed E-state index contributed by atoms with van der Waals surface area (Å²) in [5, 5.41) is 3.40. The van der Waals surface area contributed by atoms with Crippen LogP contribution >= 0.6 is 0 Å². The first-order valence-corrected chi connectivity index (χ1v) is 8.05. The van der Waals surface area contributed by atoms with Gasteiger partial charge in [0.2, 0.25) is 0 Å². The zero-order valence-electron chi connectivity index (χ0n) is 13.8. The summed E-state index contributed by atoms with van der Waals surface area (Å²) in [6, 6.07) is 15.8. The Morgan fingerprint density at radius 1 is 0.960 bits per heavy atom. The van der Waals surface area contributed by atoms with Crippen LogP contribution in [-0.2, 0) is 0 Å². The molecule has 0 saturated heterocycles. The van der Waals surface area contributed by atoms with E-state index < -0.39 is 0 Å². The average molecular weight is 327 g/mol. The molecule has 4 aromatic rings. The van der Waals surface area contributed by atoms with Crippen molar-refractivity contribution in [2.45, 2.75) is 6.92 Å². The van der Waals surface area contributed by atoms with Crippen molar-refractivity contribution in [3.63, 3.8) is 0 Å². The highest BCUT2D eigenvalue weighted by atomic mass is 15.0. The van der Waals surface area contributed by atoms with Crippen molar-refractivity contribution in [1.82, 2.24) is 19.9 Å². The topological polar surface area (TPSA) is 66.5 Å². The summed E-state index contributed by atoms with van der Waals surface area (Å²) in [5.74, 6) is 1.56. The molecule has 0 aliphatic heterocycles. The van der Waals surface area contributed by atoms with Crippen molar-refractivity contribution in [2.24, 2.45) is 0 Å². The molecule has 0 unspecified atom stereocenters. The van der Waals surface area contributed by atoms with E-state index in [2.05, 4.69) is 20.3 Å². The normalized spacial score (nSPS) is 10.6. The van der Waals surface area contributed by atoms with Crippen LogP contribution < -0.4 is 5.32 Å². The van der Waals surface area contributed by atoms with Gasteiger partial charge in [-0.25, -0.2) is 9.97 Å². The predicted molar refractivity (Wildman–Crippen MR) is 99.5 cm³/mol. The molecule has 0 atom stereocenters. The Morgan fingerprint density at radius 3 is 2.64 bits per heavy atom. The number of hydrogen-bond acceptors (Lipinski definition) is 4. The third-order valence-electron chi connectivity index (χ3n) is 3.96. The smallest absolute Gasteiger partial charge is 0.163 e. The zero-order chi connectivity index (χ0) is 17.1. The highest BCUT2D eigenvalue weighted by molar-refractivity contribution is 5.78. The summed E-state index contributed by atoms with van der Waals surface area (Å²) < 4.78 is 0. The molecule has 5 nitrogen and oxygen atoms in total. The van der Waals surface area contributed by atoms with Crippen molar-refractivity contribution in [2.75, 3.05) is 5.32 Å². The number of aromatic nitrogens is 4. The molecule has 0 fully saturated rings. The Hall–Kier alpha value is -3.47. The van der Waals surface area contributed by atoms with Gasteiger partial charge in [-0.05, 0) is 42.8 Å². The summed E-state index contributed by atoms with van der Waals surface area (Å²) >= 11 is 0. The van der Waals surface area contributed by atoms with Crippen molar-refractivity contribution in [3.8, 4) is 22.6 Å². The highest BCUT2D eigenvalue weighted by Gasteiger charge is 2.14. The first-order valence-electron chi connectivity index (χ1n) is 8.05. The first kappa shape index (κ1) is 15.1. The molecule has 0 aliphatic rings. The van der Waals surface area contributed by atoms with E-state index >= 15 is 0 Å². The number of nitrogens with one attached hydrogen (secondary N) is 2. The van der Waals surface area contributed by atoms with E-state index in [-0.39, 0.29) is 0 Å². The Labute approximate surface area is 145 Å². The molecule has 0 spiro atoms. The molecular weight excluding hydrogens is 310 g/mol. The van der Waals surface area contributed by atoms with Crippen LogP contribution in [0.25, 0.3) is 22.6 Å². The van der Waals surface area contributed by atoms with Crippen LogP contribution in [0.3, 0.4) is 0 Å². The standard InChI is InChI=1S/C20H17N5/c1-14-12-23-20(24-16-7-3-2-4-8-16)18(14)19-22-11-9-17(25-19)15-6-5-10-21-13-15/h2-13,23-24H,1H3. The second-order valence-electron chi connectivity index (χ2n) is 5.72. The number of pyridine rings is 1. The minimum atomic E-state index is 0.679. The van der Waals surface area contributed by atoms with E-state index in [0.29, 0.717) is 5.82 Å². The fraction of sp³-hybridized carbons (Fsp3) is 0.0500. The third-order valence-corrected chi connectivity index (χ3v) is 3.96. The van der Waals surface area contributed by atoms with Crippen molar-refractivity contribution >= 4 is 11.5 Å². The number of nitrogens with zero attached hydrogens (tertiary/aromatic N) is 3. The van der Waals surface area contributed by atoms with Crippen LogP contribution in [0.5, 0.6) is 0 Å². The minimum absolute atomic E-state index is 0.679. The zero-order valence-corrected chi connectivity index (χ0v) is 13.8. The summed E-state index contributed by atoms with van der Waals surface area (Å²) in [7, 11) is 0. The van der Waals surface area contributed by atoms with Crippen molar-refractivity contribution in [3.05, 3.63) is 78.9 Å². The van der Waals surface area contributed by atoms with Gasteiger partial charge in [0.25, 0.3) is 0 Å². The molecule has 0 aliphatic carbocycles. The molecule has 0 radical (unpaired) electrons. The second-order valence-corrected chi connectivity index (χ2v) is 5.72. The van der Waals surface area contributed by atoms with Crippen molar-refractivity contribution < 1.29 is 0 Å². The Bertz CT molecular complexity index is 977. The summed E-state index contributed by atoms with van der Waals surface area (Å²) in [6.07, 6.45) is 7.30. The fourth-order valence-electron chi connectivity index (χ4n) is 2.73. The van der Waals surface area contributed by atoms with Gasteiger partial charge >= 0.3 is 0 Å². The molecule has 3 heterocycles. The molecule has 122 valence electrons. The highest BCUT2D eigenvalue weighted by Crippen LogP contribution is 2.31. The lowest BCUT2D eigenvalue weighted by atomic mass is 10.1. The Kier molecular flexibility index (Phi) is 3.96. The number of aryl methyl sites for hydroxylation is 1. The van der Waals surface area contributed by atoms with Gasteiger partial charge in [-0.15, -0.1) is 0 Å². The first-order chi connectivity index (χ1) is 12.3. The molecule has 0 bridgehead atoms. The van der Waals surface area contributed by atoms with E-state index in [4.69, 9.17) is 4.98 Å². The van der Waals surface area contributed by atoms with Crippen LogP contribution in [0.15, 0.2) is 73.3 Å². The molecule has 4 rings (SSSR count). The van der Waals surface area contributed by atoms with Crippen molar-refractivity contribution in [1.29, 1.82) is 0 Å². The van der Waals surface area contributed by atoms with Crippen LogP contribution in [-0.4, -0.2) is 19.9 Å². The summed E-state index contributed by atoms with van der Waals surface area (Å²) in [5.41, 5.74) is 4.88. The van der Waals surface area contributed by atoms with Gasteiger partial charge in [0.1, 0.15) is 5.82 Å². The number of benzene rings is 1. The molecule has 3 aromatic heterocycles.